The first kappa shape index (κ1) is 20.7. The van der Waals surface area contributed by atoms with Gasteiger partial charge in [-0.2, -0.15) is 4.98 Å². The number of nitrogens with zero attached hydrogens (tertiary/aromatic N) is 2. The lowest BCUT2D eigenvalue weighted by Crippen LogP contribution is -2.31. The van der Waals surface area contributed by atoms with Gasteiger partial charge < -0.3 is 19.9 Å². The van der Waals surface area contributed by atoms with Crippen LogP contribution in [0.5, 0.6) is 0 Å². The van der Waals surface area contributed by atoms with Gasteiger partial charge in [0.1, 0.15) is 24.3 Å². The Morgan fingerprint density at radius 3 is 2.66 bits per heavy atom. The van der Waals surface area contributed by atoms with Gasteiger partial charge in [0.05, 0.1) is 12.5 Å². The second-order valence-electron chi connectivity index (χ2n) is 7.00. The second-order valence-corrected chi connectivity index (χ2v) is 7.00. The number of esters is 1. The van der Waals surface area contributed by atoms with Crippen LogP contribution in [-0.2, 0) is 14.3 Å². The molecule has 2 N–H and O–H groups in total. The Morgan fingerprint density at radius 2 is 2.03 bits per heavy atom. The first-order valence-corrected chi connectivity index (χ1v) is 9.31. The number of carbonyl (C=O) groups is 2. The predicted octanol–water partition coefficient (Wildman–Crippen LogP) is 1.34. The molecule has 1 saturated heterocycles. The molecule has 1 aromatic heterocycles. The van der Waals surface area contributed by atoms with E-state index in [2.05, 4.69) is 10.3 Å². The summed E-state index contributed by atoms with van der Waals surface area (Å²) in [6.45, 7) is 3.07. The van der Waals surface area contributed by atoms with Crippen molar-refractivity contribution in [1.82, 2.24) is 9.55 Å². The Kier molecular flexibility index (Phi) is 6.40. The van der Waals surface area contributed by atoms with Crippen LogP contribution in [0.1, 0.15) is 36.9 Å². The number of hydrogen-bond donors (Lipinski definition) is 2. The van der Waals surface area contributed by atoms with E-state index in [1.165, 1.54) is 16.8 Å². The van der Waals surface area contributed by atoms with Crippen LogP contribution in [0.25, 0.3) is 0 Å². The number of aromatic nitrogens is 2. The van der Waals surface area contributed by atoms with Gasteiger partial charge in [-0.3, -0.25) is 14.2 Å². The number of ether oxygens (including phenoxy) is 2. The summed E-state index contributed by atoms with van der Waals surface area (Å²) in [5, 5.41) is 12.1. The first-order valence-electron chi connectivity index (χ1n) is 9.31. The monoisotopic (exact) mass is 401 g/mol. The van der Waals surface area contributed by atoms with Crippen molar-refractivity contribution in [3.63, 3.8) is 0 Å². The minimum atomic E-state index is -0.740. The quantitative estimate of drug-likeness (QED) is 0.701. The summed E-state index contributed by atoms with van der Waals surface area (Å²) < 4.78 is 12.3. The molecule has 0 radical (unpaired) electrons. The topological polar surface area (TPSA) is 120 Å². The summed E-state index contributed by atoms with van der Waals surface area (Å²) in [6.07, 6.45) is -0.477. The van der Waals surface area contributed by atoms with Crippen molar-refractivity contribution in [2.45, 2.75) is 38.7 Å². The maximum Gasteiger partial charge on any atom is 0.351 e. The van der Waals surface area contributed by atoms with Crippen LogP contribution in [0, 0.1) is 5.92 Å². The highest BCUT2D eigenvalue weighted by molar-refractivity contribution is 6.03. The molecule has 0 bridgehead atoms. The van der Waals surface area contributed by atoms with Crippen molar-refractivity contribution in [2.75, 3.05) is 11.9 Å². The molecule has 0 saturated carbocycles. The van der Waals surface area contributed by atoms with Crippen molar-refractivity contribution in [3.8, 4) is 0 Å². The van der Waals surface area contributed by atoms with Gasteiger partial charge in [-0.25, -0.2) is 4.79 Å². The average molecular weight is 401 g/mol. The molecule has 154 valence electrons. The number of carbonyl (C=O) groups excluding carboxylic acids is 2. The number of aliphatic hydroxyl groups excluding tert-OH is 1. The molecule has 9 nitrogen and oxygen atoms in total. The van der Waals surface area contributed by atoms with E-state index >= 15 is 0 Å². The molecule has 2 aromatic rings. The highest BCUT2D eigenvalue weighted by Crippen LogP contribution is 2.30. The minimum Gasteiger partial charge on any atom is -0.459 e. The van der Waals surface area contributed by atoms with Crippen LogP contribution < -0.4 is 11.0 Å². The number of amides is 1. The number of nitrogens with one attached hydrogen (secondary N) is 1. The van der Waals surface area contributed by atoms with Crippen LogP contribution in [0.4, 0.5) is 5.82 Å². The molecule has 1 aliphatic heterocycles. The average Bonchev–Trinajstić information content (AvgIpc) is 3.11. The Labute approximate surface area is 167 Å². The fourth-order valence-corrected chi connectivity index (χ4v) is 2.92. The minimum absolute atomic E-state index is 0.111. The number of hydrogen-bond acceptors (Lipinski definition) is 7. The van der Waals surface area contributed by atoms with Gasteiger partial charge in [0.2, 0.25) is 0 Å². The molecule has 3 rings (SSSR count). The third-order valence-electron chi connectivity index (χ3n) is 4.52. The summed E-state index contributed by atoms with van der Waals surface area (Å²) in [5.74, 6) is -0.986. The molecular formula is C20H23N3O6. The van der Waals surface area contributed by atoms with Crippen LogP contribution in [0.15, 0.2) is 47.4 Å². The highest BCUT2D eigenvalue weighted by atomic mass is 16.6. The van der Waals surface area contributed by atoms with Gasteiger partial charge in [-0.05, 0) is 18.2 Å². The molecule has 2 heterocycles. The fraction of sp³-hybridized carbons (Fsp3) is 0.400. The van der Waals surface area contributed by atoms with Crippen LogP contribution in [0.2, 0.25) is 0 Å². The molecule has 0 unspecified atom stereocenters. The third-order valence-corrected chi connectivity index (χ3v) is 4.52. The number of rotatable bonds is 6. The lowest BCUT2D eigenvalue weighted by atomic mass is 10.1. The fourth-order valence-electron chi connectivity index (χ4n) is 2.92. The first-order chi connectivity index (χ1) is 13.9. The number of anilines is 1. The van der Waals surface area contributed by atoms with Gasteiger partial charge in [-0.1, -0.05) is 32.0 Å². The largest absolute Gasteiger partial charge is 0.459 e. The van der Waals surface area contributed by atoms with Gasteiger partial charge in [0.15, 0.2) is 0 Å². The van der Waals surface area contributed by atoms with Crippen LogP contribution in [0.3, 0.4) is 0 Å². The molecule has 29 heavy (non-hydrogen) atoms. The van der Waals surface area contributed by atoms with E-state index in [-0.39, 0.29) is 30.7 Å². The standard InChI is InChI=1S/C20H23N3O6/c1-12(2)19(26)29-14-10-17(28-15(14)11-24)23-9-8-16(22-20(23)27)21-18(25)13-6-4-3-5-7-13/h3-9,12,14-15,17,24H,10-11H2,1-2H3,(H,21,22,25,27)/t14-,15-,17+/m1/s1. The highest BCUT2D eigenvalue weighted by Gasteiger charge is 2.39. The van der Waals surface area contributed by atoms with Gasteiger partial charge in [0, 0.05) is 18.2 Å². The summed E-state index contributed by atoms with van der Waals surface area (Å²) in [6, 6.07) is 10.0. The summed E-state index contributed by atoms with van der Waals surface area (Å²) >= 11 is 0. The zero-order valence-electron chi connectivity index (χ0n) is 16.1. The van der Waals surface area contributed by atoms with E-state index in [1.54, 1.807) is 44.2 Å². The van der Waals surface area contributed by atoms with Gasteiger partial charge >= 0.3 is 11.7 Å². The normalized spacial score (nSPS) is 21.2. The number of aliphatic hydroxyl groups is 1. The van der Waals surface area contributed by atoms with Crippen molar-refractivity contribution < 1.29 is 24.2 Å². The Bertz CT molecular complexity index is 927. The Morgan fingerprint density at radius 1 is 1.31 bits per heavy atom. The number of benzene rings is 1. The van der Waals surface area contributed by atoms with Crippen molar-refractivity contribution >= 4 is 17.7 Å². The molecule has 3 atom stereocenters. The second kappa shape index (κ2) is 8.97. The van der Waals surface area contributed by atoms with E-state index < -0.39 is 30.1 Å². The molecule has 0 spiro atoms. The predicted molar refractivity (Wildman–Crippen MR) is 103 cm³/mol. The maximum absolute atomic E-state index is 12.4. The third kappa shape index (κ3) is 4.87. The molecule has 1 amide bonds. The van der Waals surface area contributed by atoms with Gasteiger partial charge in [0.25, 0.3) is 5.91 Å². The molecule has 1 aliphatic rings. The van der Waals surface area contributed by atoms with E-state index in [9.17, 15) is 19.5 Å². The van der Waals surface area contributed by atoms with E-state index in [4.69, 9.17) is 9.47 Å². The van der Waals surface area contributed by atoms with Crippen molar-refractivity contribution in [1.29, 1.82) is 0 Å². The lowest BCUT2D eigenvalue weighted by Gasteiger charge is -2.17. The van der Waals surface area contributed by atoms with E-state index in [0.717, 1.165) is 0 Å². The van der Waals surface area contributed by atoms with Crippen LogP contribution in [-0.4, -0.2) is 45.3 Å². The Balaban J connectivity index is 1.71. The van der Waals surface area contributed by atoms with E-state index in [0.29, 0.717) is 5.56 Å². The van der Waals surface area contributed by atoms with E-state index in [1.807, 2.05) is 0 Å². The lowest BCUT2D eigenvalue weighted by molar-refractivity contribution is -0.156. The zero-order valence-corrected chi connectivity index (χ0v) is 16.1. The Hall–Kier alpha value is -3.04. The summed E-state index contributed by atoms with van der Waals surface area (Å²) in [5.41, 5.74) is -0.188. The summed E-state index contributed by atoms with van der Waals surface area (Å²) in [4.78, 5) is 40.3. The van der Waals surface area contributed by atoms with Crippen molar-refractivity contribution in [3.05, 3.63) is 58.6 Å². The molecular weight excluding hydrogens is 378 g/mol. The SMILES string of the molecule is CC(C)C(=O)O[C@@H]1C[C@@H](n2ccc(NC(=O)c3ccccc3)nc2=O)O[C@@H]1CO. The molecule has 9 heteroatoms. The molecule has 0 aliphatic carbocycles. The maximum atomic E-state index is 12.4. The van der Waals surface area contributed by atoms with Crippen LogP contribution >= 0.6 is 0 Å². The smallest absolute Gasteiger partial charge is 0.351 e. The summed E-state index contributed by atoms with van der Waals surface area (Å²) in [7, 11) is 0. The zero-order chi connectivity index (χ0) is 21.0. The van der Waals surface area contributed by atoms with Gasteiger partial charge in [-0.15, -0.1) is 0 Å². The molecule has 1 aromatic carbocycles. The van der Waals surface area contributed by atoms with Crippen molar-refractivity contribution in [2.24, 2.45) is 5.92 Å². The molecule has 1 fully saturated rings.